The fourth-order valence-electron chi connectivity index (χ4n) is 4.91. The monoisotopic (exact) mass is 454 g/mol. The van der Waals surface area contributed by atoms with Crippen molar-refractivity contribution in [2.45, 2.75) is 0 Å². The summed E-state index contributed by atoms with van der Waals surface area (Å²) < 4.78 is 76.6. The Labute approximate surface area is 215 Å². The molecule has 1 heterocycles. The van der Waals surface area contributed by atoms with Gasteiger partial charge in [0, 0.05) is 10.9 Å². The molecule has 6 aromatic carbocycles. The zero-order chi connectivity index (χ0) is 30.2. The number of benzene rings is 6. The number of furan rings is 1. The fourth-order valence-corrected chi connectivity index (χ4v) is 4.91. The maximum atomic E-state index is 9.11. The van der Waals surface area contributed by atoms with Crippen LogP contribution in [-0.4, -0.2) is 0 Å². The Morgan fingerprint density at radius 2 is 0.971 bits per heavy atom. The molecular formula is C34H22O. The van der Waals surface area contributed by atoms with Gasteiger partial charge >= 0.3 is 0 Å². The highest BCUT2D eigenvalue weighted by Crippen LogP contribution is 2.46. The van der Waals surface area contributed by atoms with E-state index in [1.165, 1.54) is 0 Å². The van der Waals surface area contributed by atoms with Crippen molar-refractivity contribution in [3.8, 4) is 33.4 Å². The van der Waals surface area contributed by atoms with Crippen molar-refractivity contribution < 1.29 is 15.4 Å². The summed E-state index contributed by atoms with van der Waals surface area (Å²) in [6.45, 7) is 0. The molecule has 0 aliphatic carbocycles. The number of hydrogen-bond acceptors (Lipinski definition) is 1. The zero-order valence-electron chi connectivity index (χ0n) is 26.5. The molecule has 164 valence electrons. The van der Waals surface area contributed by atoms with Crippen LogP contribution in [0.15, 0.2) is 138 Å². The van der Waals surface area contributed by atoms with Gasteiger partial charge in [-0.25, -0.2) is 0 Å². The van der Waals surface area contributed by atoms with Crippen LogP contribution < -0.4 is 0 Å². The van der Waals surface area contributed by atoms with Crippen LogP contribution in [0.4, 0.5) is 0 Å². The molecular weight excluding hydrogens is 424 g/mol. The predicted molar refractivity (Wildman–Crippen MR) is 148 cm³/mol. The molecule has 0 unspecified atom stereocenters. The first-order valence-electron chi connectivity index (χ1n) is 15.3. The first-order valence-corrected chi connectivity index (χ1v) is 11.3. The molecule has 1 aromatic heterocycles. The molecule has 1 nitrogen and oxygen atoms in total. The van der Waals surface area contributed by atoms with Crippen LogP contribution in [0.2, 0.25) is 0 Å². The average molecular weight is 455 g/mol. The standard InChI is InChI=1S/C34H22O/c1-3-11-23(12-4-1)25-19-20-30(31-21-22-35-34(25)31)33-28-17-9-7-15-26(28)32(24-13-5-2-6-14-24)27-16-8-10-18-29(27)33/h1-22H/i7D,8D,9D,10D,15D,16D,17D,18D. The van der Waals surface area contributed by atoms with E-state index in [0.29, 0.717) is 33.2 Å². The molecule has 7 aromatic rings. The van der Waals surface area contributed by atoms with Crippen molar-refractivity contribution >= 4 is 32.5 Å². The van der Waals surface area contributed by atoms with E-state index in [1.807, 2.05) is 48.5 Å². The molecule has 0 saturated carbocycles. The molecule has 7 rings (SSSR count). The second kappa shape index (κ2) is 8.00. The Bertz CT molecular complexity index is 2180. The van der Waals surface area contributed by atoms with Crippen molar-refractivity contribution in [2.24, 2.45) is 0 Å². The minimum absolute atomic E-state index is 0.178. The van der Waals surface area contributed by atoms with Crippen LogP contribution in [0.5, 0.6) is 0 Å². The maximum Gasteiger partial charge on any atom is 0.142 e. The lowest BCUT2D eigenvalue weighted by Gasteiger charge is -2.18. The third kappa shape index (κ3) is 3.09. The lowest BCUT2D eigenvalue weighted by atomic mass is 9.85. The Kier molecular flexibility index (Phi) is 3.04. The third-order valence-corrected chi connectivity index (χ3v) is 6.41. The summed E-state index contributed by atoms with van der Waals surface area (Å²) >= 11 is 0. The molecule has 0 aliphatic rings. The first kappa shape index (κ1) is 13.3. The highest BCUT2D eigenvalue weighted by atomic mass is 16.3. The number of fused-ring (bicyclic) bond motifs is 3. The Balaban J connectivity index is 1.79. The largest absolute Gasteiger partial charge is 0.464 e. The number of hydrogen-bond donors (Lipinski definition) is 0. The normalized spacial score (nSPS) is 14.6. The summed E-state index contributed by atoms with van der Waals surface area (Å²) in [7, 11) is 0. The molecule has 0 saturated heterocycles. The van der Waals surface area contributed by atoms with Gasteiger partial charge in [0.05, 0.1) is 17.2 Å². The van der Waals surface area contributed by atoms with Gasteiger partial charge in [-0.3, -0.25) is 0 Å². The molecule has 0 amide bonds. The van der Waals surface area contributed by atoms with Gasteiger partial charge in [0.15, 0.2) is 0 Å². The molecule has 35 heavy (non-hydrogen) atoms. The van der Waals surface area contributed by atoms with Gasteiger partial charge in [0.2, 0.25) is 0 Å². The van der Waals surface area contributed by atoms with Crippen molar-refractivity contribution in [1.82, 2.24) is 0 Å². The average Bonchev–Trinajstić information content (AvgIpc) is 3.54. The van der Waals surface area contributed by atoms with E-state index in [1.54, 1.807) is 36.6 Å². The molecule has 0 aliphatic heterocycles. The molecule has 0 N–H and O–H groups in total. The molecule has 0 atom stereocenters. The van der Waals surface area contributed by atoms with E-state index >= 15 is 0 Å². The summed E-state index contributed by atoms with van der Waals surface area (Å²) in [6, 6.07) is 21.3. The second-order valence-corrected chi connectivity index (χ2v) is 8.31. The van der Waals surface area contributed by atoms with E-state index in [0.717, 1.165) is 11.1 Å². The van der Waals surface area contributed by atoms with Crippen LogP contribution in [0, 0.1) is 0 Å². The van der Waals surface area contributed by atoms with Gasteiger partial charge in [-0.15, -0.1) is 0 Å². The van der Waals surface area contributed by atoms with Crippen molar-refractivity contribution in [3.63, 3.8) is 0 Å². The summed E-state index contributed by atoms with van der Waals surface area (Å²) in [4.78, 5) is 0. The smallest absolute Gasteiger partial charge is 0.142 e. The van der Waals surface area contributed by atoms with Gasteiger partial charge in [0.1, 0.15) is 5.58 Å². The Morgan fingerprint density at radius 3 is 1.57 bits per heavy atom. The third-order valence-electron chi connectivity index (χ3n) is 6.41. The highest BCUT2D eigenvalue weighted by Gasteiger charge is 2.19. The van der Waals surface area contributed by atoms with Gasteiger partial charge in [-0.1, -0.05) is 115 Å². The predicted octanol–water partition coefficient (Wildman–Crippen LogP) is 9.74. The first-order chi connectivity index (χ1) is 20.7. The fraction of sp³-hybridized carbons (Fsp3) is 0. The molecule has 0 bridgehead atoms. The Hall–Kier alpha value is -4.62. The van der Waals surface area contributed by atoms with E-state index in [-0.39, 0.29) is 45.7 Å². The summed E-state index contributed by atoms with van der Waals surface area (Å²) in [5, 5.41) is 1.38. The zero-order valence-corrected chi connectivity index (χ0v) is 18.5. The summed E-state index contributed by atoms with van der Waals surface area (Å²) in [6.07, 6.45) is 1.55. The quantitative estimate of drug-likeness (QED) is 0.242. The van der Waals surface area contributed by atoms with Gasteiger partial charge in [-0.05, 0) is 61.5 Å². The van der Waals surface area contributed by atoms with Crippen LogP contribution in [0.3, 0.4) is 0 Å². The lowest BCUT2D eigenvalue weighted by molar-refractivity contribution is 0.617. The van der Waals surface area contributed by atoms with E-state index < -0.39 is 24.2 Å². The Morgan fingerprint density at radius 1 is 0.457 bits per heavy atom. The highest BCUT2D eigenvalue weighted by molar-refractivity contribution is 6.23. The van der Waals surface area contributed by atoms with E-state index in [4.69, 9.17) is 15.4 Å². The molecule has 0 spiro atoms. The van der Waals surface area contributed by atoms with E-state index in [9.17, 15) is 0 Å². The second-order valence-electron chi connectivity index (χ2n) is 8.31. The van der Waals surface area contributed by atoms with Gasteiger partial charge < -0.3 is 4.42 Å². The summed E-state index contributed by atoms with van der Waals surface area (Å²) in [5.74, 6) is 0. The van der Waals surface area contributed by atoms with Crippen LogP contribution in [0.1, 0.15) is 11.0 Å². The van der Waals surface area contributed by atoms with Crippen LogP contribution in [-0.2, 0) is 0 Å². The number of rotatable bonds is 3. The van der Waals surface area contributed by atoms with Gasteiger partial charge in [-0.2, -0.15) is 0 Å². The van der Waals surface area contributed by atoms with Crippen LogP contribution in [0.25, 0.3) is 65.9 Å². The topological polar surface area (TPSA) is 13.1 Å². The summed E-state index contributed by atoms with van der Waals surface area (Å²) in [5.41, 5.74) is 4.04. The minimum Gasteiger partial charge on any atom is -0.464 e. The van der Waals surface area contributed by atoms with Gasteiger partial charge in [0.25, 0.3) is 0 Å². The molecule has 0 radical (unpaired) electrons. The maximum absolute atomic E-state index is 9.11. The van der Waals surface area contributed by atoms with E-state index in [2.05, 4.69) is 0 Å². The minimum atomic E-state index is -0.428. The van der Waals surface area contributed by atoms with Crippen molar-refractivity contribution in [1.29, 1.82) is 0 Å². The lowest BCUT2D eigenvalue weighted by Crippen LogP contribution is -1.91. The molecule has 1 heteroatoms. The van der Waals surface area contributed by atoms with Crippen molar-refractivity contribution in [3.05, 3.63) is 133 Å². The SMILES string of the molecule is [2H]c1c([2H])c([2H])c2c(-c3ccc(-c4ccccc4)c4occc34)c3c([2H])c([2H])c([2H])c([2H])c3c(-c3ccccc3)c2c1[2H]. The van der Waals surface area contributed by atoms with Crippen molar-refractivity contribution in [2.75, 3.05) is 0 Å². The molecule has 0 fully saturated rings. The van der Waals surface area contributed by atoms with Crippen LogP contribution >= 0.6 is 0 Å².